The Morgan fingerprint density at radius 2 is 1.52 bits per heavy atom. The summed E-state index contributed by atoms with van der Waals surface area (Å²) in [4.78, 5) is 34.1. The van der Waals surface area contributed by atoms with Gasteiger partial charge in [-0.3, -0.25) is 14.4 Å². The Labute approximate surface area is 197 Å². The van der Waals surface area contributed by atoms with E-state index >= 15 is 0 Å². The fraction of sp³-hybridized carbons (Fsp3) is 0.130. The monoisotopic (exact) mass is 516 g/mol. The van der Waals surface area contributed by atoms with Crippen LogP contribution < -0.4 is 9.96 Å². The van der Waals surface area contributed by atoms with Gasteiger partial charge in [0.15, 0.2) is 6.10 Å². The number of anilines is 2. The number of imide groups is 1. The minimum Gasteiger partial charge on any atom is -0.273 e. The third-order valence-corrected chi connectivity index (χ3v) is 6.35. The van der Waals surface area contributed by atoms with E-state index in [1.165, 1.54) is 0 Å². The molecule has 2 heterocycles. The summed E-state index contributed by atoms with van der Waals surface area (Å²) in [7, 11) is 0. The summed E-state index contributed by atoms with van der Waals surface area (Å²) in [5.74, 6) is -1.51. The molecule has 0 radical (unpaired) electrons. The average Bonchev–Trinajstić information content (AvgIpc) is 3.24. The topological polar surface area (TPSA) is 49.9 Å². The highest BCUT2D eigenvalue weighted by molar-refractivity contribution is 9.10. The van der Waals surface area contributed by atoms with E-state index in [0.717, 1.165) is 20.6 Å². The predicted molar refractivity (Wildman–Crippen MR) is 123 cm³/mol. The smallest absolute Gasteiger partial charge is 0.266 e. The first kappa shape index (κ1) is 20.5. The Balaban J connectivity index is 1.60. The molecule has 3 aromatic carbocycles. The Morgan fingerprint density at radius 3 is 2.19 bits per heavy atom. The highest BCUT2D eigenvalue weighted by Crippen LogP contribution is 2.48. The van der Waals surface area contributed by atoms with E-state index in [2.05, 4.69) is 15.9 Å². The molecule has 3 aromatic rings. The molecule has 2 aliphatic heterocycles. The van der Waals surface area contributed by atoms with Crippen LogP contribution in [-0.2, 0) is 14.4 Å². The minimum atomic E-state index is -0.950. The third-order valence-electron chi connectivity index (χ3n) is 5.42. The number of benzene rings is 3. The molecule has 2 fully saturated rings. The fourth-order valence-corrected chi connectivity index (χ4v) is 5.10. The Morgan fingerprint density at radius 1 is 0.806 bits per heavy atom. The zero-order chi connectivity index (χ0) is 21.7. The fourth-order valence-electron chi connectivity index (χ4n) is 4.17. The molecule has 5 rings (SSSR count). The summed E-state index contributed by atoms with van der Waals surface area (Å²) in [5.41, 5.74) is 1.96. The molecule has 0 N–H and O–H groups in total. The first-order valence-electron chi connectivity index (χ1n) is 9.54. The van der Waals surface area contributed by atoms with Crippen LogP contribution in [0.3, 0.4) is 0 Å². The lowest BCUT2D eigenvalue weighted by molar-refractivity contribution is -0.126. The van der Waals surface area contributed by atoms with Crippen molar-refractivity contribution in [2.24, 2.45) is 5.92 Å². The van der Waals surface area contributed by atoms with Crippen LogP contribution in [-0.4, -0.2) is 17.9 Å². The molecule has 0 aromatic heterocycles. The van der Waals surface area contributed by atoms with Gasteiger partial charge in [0, 0.05) is 14.5 Å². The van der Waals surface area contributed by atoms with Crippen LogP contribution in [0.5, 0.6) is 0 Å². The van der Waals surface area contributed by atoms with Gasteiger partial charge in [0.2, 0.25) is 5.91 Å². The van der Waals surface area contributed by atoms with Crippen LogP contribution >= 0.6 is 39.1 Å². The van der Waals surface area contributed by atoms with Gasteiger partial charge < -0.3 is 0 Å². The number of halogens is 3. The first-order valence-corrected chi connectivity index (χ1v) is 11.1. The van der Waals surface area contributed by atoms with Crippen molar-refractivity contribution in [1.82, 2.24) is 0 Å². The van der Waals surface area contributed by atoms with Crippen LogP contribution in [0, 0.1) is 5.92 Å². The predicted octanol–water partition coefficient (Wildman–Crippen LogP) is 5.81. The molecule has 2 saturated heterocycles. The molecule has 0 bridgehead atoms. The summed E-state index contributed by atoms with van der Waals surface area (Å²) in [6, 6.07) is 21.3. The quantitative estimate of drug-likeness (QED) is 0.411. The van der Waals surface area contributed by atoms with E-state index in [1.54, 1.807) is 23.3 Å². The molecule has 2 aliphatic rings. The van der Waals surface area contributed by atoms with Crippen molar-refractivity contribution < 1.29 is 14.4 Å². The number of fused-ring (bicyclic) bond motifs is 1. The standard InChI is InChI=1S/C23H15BrCl2N2O3/c24-14-6-4-5-13(9-14)20-19-21(31-28(20)17-7-2-1-3-8-17)23(30)27(22(19)29)18-11-15(25)10-16(26)12-18/h1-12,19-21H/t19-,20+,21+/m0/s1. The molecule has 31 heavy (non-hydrogen) atoms. The zero-order valence-corrected chi connectivity index (χ0v) is 19.0. The van der Waals surface area contributed by atoms with Gasteiger partial charge in [0.05, 0.1) is 17.4 Å². The number of hydrogen-bond donors (Lipinski definition) is 0. The highest BCUT2D eigenvalue weighted by atomic mass is 79.9. The number of para-hydroxylation sites is 1. The van der Waals surface area contributed by atoms with Crippen molar-refractivity contribution in [3.63, 3.8) is 0 Å². The number of amides is 2. The molecular weight excluding hydrogens is 503 g/mol. The second kappa shape index (κ2) is 7.95. The molecule has 2 amide bonds. The maximum absolute atomic E-state index is 13.6. The lowest BCUT2D eigenvalue weighted by atomic mass is 9.90. The van der Waals surface area contributed by atoms with Crippen molar-refractivity contribution in [3.8, 4) is 0 Å². The molecule has 3 atom stereocenters. The lowest BCUT2D eigenvalue weighted by Gasteiger charge is -2.29. The van der Waals surface area contributed by atoms with Crippen molar-refractivity contribution in [3.05, 3.63) is 92.9 Å². The Kier molecular flexibility index (Phi) is 5.26. The SMILES string of the molecule is O=C1[C@H]2[C@@H](c3cccc(Br)c3)N(c3ccccc3)O[C@H]2C(=O)N1c1cc(Cl)cc(Cl)c1. The molecule has 156 valence electrons. The van der Waals surface area contributed by atoms with Crippen LogP contribution in [0.15, 0.2) is 77.3 Å². The summed E-state index contributed by atoms with van der Waals surface area (Å²) in [6.45, 7) is 0. The number of carbonyl (C=O) groups excluding carboxylic acids is 2. The Bertz CT molecular complexity index is 1170. The highest BCUT2D eigenvalue weighted by Gasteiger charge is 2.60. The van der Waals surface area contributed by atoms with E-state index in [9.17, 15) is 9.59 Å². The first-order chi connectivity index (χ1) is 14.9. The Hall–Kier alpha value is -2.38. The van der Waals surface area contributed by atoms with Crippen LogP contribution in [0.4, 0.5) is 11.4 Å². The molecular formula is C23H15BrCl2N2O3. The molecule has 0 unspecified atom stereocenters. The van der Waals surface area contributed by atoms with Gasteiger partial charge in [-0.15, -0.1) is 0 Å². The van der Waals surface area contributed by atoms with Gasteiger partial charge in [-0.1, -0.05) is 69.5 Å². The van der Waals surface area contributed by atoms with Gasteiger partial charge >= 0.3 is 0 Å². The second-order valence-corrected chi connectivity index (χ2v) is 9.14. The van der Waals surface area contributed by atoms with E-state index in [0.29, 0.717) is 15.7 Å². The number of carbonyl (C=O) groups is 2. The summed E-state index contributed by atoms with van der Waals surface area (Å²) in [5, 5.41) is 2.35. The van der Waals surface area contributed by atoms with Crippen molar-refractivity contribution >= 4 is 62.3 Å². The van der Waals surface area contributed by atoms with Crippen LogP contribution in [0.25, 0.3) is 0 Å². The largest absolute Gasteiger partial charge is 0.273 e. The average molecular weight is 518 g/mol. The minimum absolute atomic E-state index is 0.338. The van der Waals surface area contributed by atoms with Crippen molar-refractivity contribution in [2.75, 3.05) is 9.96 Å². The summed E-state index contributed by atoms with van der Waals surface area (Å²) < 4.78 is 0.872. The molecule has 0 saturated carbocycles. The molecule has 5 nitrogen and oxygen atoms in total. The normalized spacial score (nSPS) is 22.9. The molecule has 8 heteroatoms. The van der Waals surface area contributed by atoms with Crippen LogP contribution in [0.1, 0.15) is 11.6 Å². The molecule has 0 spiro atoms. The summed E-state index contributed by atoms with van der Waals surface area (Å²) in [6.07, 6.45) is -0.950. The maximum atomic E-state index is 13.6. The number of hydroxylamine groups is 1. The van der Waals surface area contributed by atoms with E-state index < -0.39 is 24.0 Å². The van der Waals surface area contributed by atoms with Gasteiger partial charge in [-0.2, -0.15) is 0 Å². The third kappa shape index (κ3) is 3.53. The number of hydrogen-bond acceptors (Lipinski definition) is 4. The second-order valence-electron chi connectivity index (χ2n) is 7.35. The lowest BCUT2D eigenvalue weighted by Crippen LogP contribution is -2.37. The van der Waals surface area contributed by atoms with Crippen LogP contribution in [0.2, 0.25) is 10.0 Å². The van der Waals surface area contributed by atoms with E-state index in [-0.39, 0.29) is 5.91 Å². The summed E-state index contributed by atoms with van der Waals surface area (Å²) >= 11 is 15.7. The van der Waals surface area contributed by atoms with E-state index in [1.807, 2.05) is 54.6 Å². The molecule has 0 aliphatic carbocycles. The van der Waals surface area contributed by atoms with Gasteiger partial charge in [0.1, 0.15) is 5.92 Å². The van der Waals surface area contributed by atoms with Crippen molar-refractivity contribution in [2.45, 2.75) is 12.1 Å². The zero-order valence-electron chi connectivity index (χ0n) is 15.9. The van der Waals surface area contributed by atoms with Gasteiger partial charge in [0.25, 0.3) is 5.91 Å². The van der Waals surface area contributed by atoms with Gasteiger partial charge in [-0.05, 0) is 48.0 Å². The maximum Gasteiger partial charge on any atom is 0.266 e. The van der Waals surface area contributed by atoms with E-state index in [4.69, 9.17) is 28.0 Å². The number of nitrogens with zero attached hydrogens (tertiary/aromatic N) is 2. The van der Waals surface area contributed by atoms with Gasteiger partial charge in [-0.25, -0.2) is 9.96 Å². The number of rotatable bonds is 3. The van der Waals surface area contributed by atoms with Crippen molar-refractivity contribution in [1.29, 1.82) is 0 Å².